The molecule has 1 aromatic rings. The van der Waals surface area contributed by atoms with Gasteiger partial charge in [0.1, 0.15) is 10.4 Å². The van der Waals surface area contributed by atoms with Crippen LogP contribution in [0.2, 0.25) is 0 Å². The lowest BCUT2D eigenvalue weighted by Gasteiger charge is -2.10. The zero-order valence-corrected chi connectivity index (χ0v) is 15.1. The minimum atomic E-state index is -0.369. The highest BCUT2D eigenvalue weighted by molar-refractivity contribution is 9.13. The van der Waals surface area contributed by atoms with E-state index in [4.69, 9.17) is 4.74 Å². The molecule has 6 heteroatoms. The Kier molecular flexibility index (Phi) is 9.78. The van der Waals surface area contributed by atoms with Crippen molar-refractivity contribution in [1.82, 2.24) is 10.3 Å². The first-order valence-corrected chi connectivity index (χ1v) is 7.61. The molecule has 19 heavy (non-hydrogen) atoms. The van der Waals surface area contributed by atoms with E-state index in [9.17, 15) is 4.39 Å². The molecule has 0 unspecified atom stereocenters. The van der Waals surface area contributed by atoms with Gasteiger partial charge in [0.2, 0.25) is 0 Å². The zero-order chi connectivity index (χ0) is 15.0. The number of pyridine rings is 1. The van der Waals surface area contributed by atoms with Crippen molar-refractivity contribution < 1.29 is 9.13 Å². The summed E-state index contributed by atoms with van der Waals surface area (Å²) in [5.74, 6) is -0.369. The van der Waals surface area contributed by atoms with Crippen LogP contribution in [0.3, 0.4) is 0 Å². The Morgan fingerprint density at radius 2 is 1.79 bits per heavy atom. The van der Waals surface area contributed by atoms with E-state index in [1.165, 1.54) is 7.11 Å². The number of nitrogens with one attached hydrogen (secondary N) is 1. The van der Waals surface area contributed by atoms with Crippen LogP contribution in [0.4, 0.5) is 4.39 Å². The van der Waals surface area contributed by atoms with Gasteiger partial charge in [-0.15, -0.1) is 0 Å². The molecule has 1 rings (SSSR count). The fourth-order valence-corrected chi connectivity index (χ4v) is 2.17. The van der Waals surface area contributed by atoms with Crippen molar-refractivity contribution in [3.05, 3.63) is 26.7 Å². The molecule has 1 N–H and O–H groups in total. The topological polar surface area (TPSA) is 34.1 Å². The van der Waals surface area contributed by atoms with Crippen LogP contribution < -0.4 is 5.32 Å². The van der Waals surface area contributed by atoms with Gasteiger partial charge in [0.25, 0.3) is 0 Å². The van der Waals surface area contributed by atoms with E-state index in [0.29, 0.717) is 26.7 Å². The van der Waals surface area contributed by atoms with Crippen molar-refractivity contribution in [3.8, 4) is 0 Å². The summed E-state index contributed by atoms with van der Waals surface area (Å²) in [6, 6.07) is 1.25. The summed E-state index contributed by atoms with van der Waals surface area (Å²) in [5.41, 5.74) is 0.472. The van der Waals surface area contributed by atoms with Crippen molar-refractivity contribution in [3.63, 3.8) is 0 Å². The summed E-state index contributed by atoms with van der Waals surface area (Å²) < 4.78 is 19.0. The van der Waals surface area contributed by atoms with Crippen molar-refractivity contribution in [1.29, 1.82) is 0 Å². The van der Waals surface area contributed by atoms with E-state index in [1.807, 2.05) is 0 Å². The summed E-state index contributed by atoms with van der Waals surface area (Å²) in [4.78, 5) is 3.76. The quantitative estimate of drug-likeness (QED) is 0.767. The Bertz CT molecular complexity index is 381. The first-order valence-electron chi connectivity index (χ1n) is 6.02. The summed E-state index contributed by atoms with van der Waals surface area (Å²) in [7, 11) is 1.51. The third kappa shape index (κ3) is 7.97. The molecule has 0 aliphatic rings. The second-order valence-corrected chi connectivity index (χ2v) is 6.14. The van der Waals surface area contributed by atoms with Crippen LogP contribution in [-0.2, 0) is 11.3 Å². The first kappa shape index (κ1) is 19.0. The number of hydrogen-bond acceptors (Lipinski definition) is 3. The number of aromatic nitrogens is 1. The number of rotatable bonds is 4. The third-order valence-corrected chi connectivity index (χ3v) is 3.97. The maximum Gasteiger partial charge on any atom is 0.148 e. The van der Waals surface area contributed by atoms with Gasteiger partial charge in [-0.25, -0.2) is 9.37 Å². The summed E-state index contributed by atoms with van der Waals surface area (Å²) in [5, 5.41) is 3.31. The van der Waals surface area contributed by atoms with Crippen molar-refractivity contribution >= 4 is 31.9 Å². The largest absolute Gasteiger partial charge is 0.380 e. The lowest BCUT2D eigenvalue weighted by molar-refractivity contribution is 0.180. The zero-order valence-electron chi connectivity index (χ0n) is 11.9. The average molecular weight is 400 g/mol. The molecule has 0 aromatic carbocycles. The van der Waals surface area contributed by atoms with Crippen LogP contribution >= 0.6 is 31.9 Å². The maximum absolute atomic E-state index is 13.0. The molecule has 0 amide bonds. The molecule has 0 spiro atoms. The second-order valence-electron chi connectivity index (χ2n) is 4.60. The highest BCUT2D eigenvalue weighted by Crippen LogP contribution is 2.26. The molecule has 0 radical (unpaired) electrons. The third-order valence-electron chi connectivity index (χ3n) is 1.98. The molecule has 1 heterocycles. The van der Waals surface area contributed by atoms with Gasteiger partial charge in [-0.2, -0.15) is 0 Å². The Morgan fingerprint density at radius 1 is 1.26 bits per heavy atom. The molecule has 0 fully saturated rings. The van der Waals surface area contributed by atoms with E-state index in [1.54, 1.807) is 0 Å². The molecule has 3 nitrogen and oxygen atoms in total. The molecule has 0 atom stereocenters. The summed E-state index contributed by atoms with van der Waals surface area (Å²) in [6.45, 7) is 8.84. The van der Waals surface area contributed by atoms with Gasteiger partial charge in [0.05, 0.1) is 17.3 Å². The number of hydrogen-bond donors (Lipinski definition) is 1. The van der Waals surface area contributed by atoms with Crippen LogP contribution in [0.25, 0.3) is 0 Å². The molecule has 0 saturated carbocycles. The SMILES string of the molecule is CC(C)NC(C)C.COCc1c(F)cnc(Br)c1Br. The number of nitrogens with zero attached hydrogens (tertiary/aromatic N) is 1. The molecule has 1 aromatic heterocycles. The van der Waals surface area contributed by atoms with Gasteiger partial charge in [-0.1, -0.05) is 27.7 Å². The number of halogens is 3. The van der Waals surface area contributed by atoms with Gasteiger partial charge < -0.3 is 10.1 Å². The molecule has 110 valence electrons. The van der Waals surface area contributed by atoms with E-state index in [0.717, 1.165) is 6.20 Å². The van der Waals surface area contributed by atoms with Gasteiger partial charge in [0, 0.05) is 24.8 Å². The fourth-order valence-electron chi connectivity index (χ4n) is 1.42. The average Bonchev–Trinajstić information content (AvgIpc) is 2.29. The summed E-state index contributed by atoms with van der Waals surface area (Å²) in [6.07, 6.45) is 1.16. The molecule has 0 saturated heterocycles. The van der Waals surface area contributed by atoms with E-state index in [2.05, 4.69) is 69.9 Å². The highest BCUT2D eigenvalue weighted by atomic mass is 79.9. The molecule has 0 bridgehead atoms. The van der Waals surface area contributed by atoms with Crippen LogP contribution in [0.5, 0.6) is 0 Å². The predicted octanol–water partition coefficient (Wildman–Crippen LogP) is 4.28. The molecule has 0 aliphatic heterocycles. The van der Waals surface area contributed by atoms with Crippen LogP contribution in [0.15, 0.2) is 15.3 Å². The molecular formula is C13H21Br2FN2O. The lowest BCUT2D eigenvalue weighted by atomic mass is 10.3. The monoisotopic (exact) mass is 398 g/mol. The van der Waals surface area contributed by atoms with E-state index < -0.39 is 0 Å². The first-order chi connectivity index (χ1) is 8.79. The van der Waals surface area contributed by atoms with E-state index >= 15 is 0 Å². The van der Waals surface area contributed by atoms with Crippen LogP contribution in [-0.4, -0.2) is 24.2 Å². The maximum atomic E-state index is 13.0. The standard InChI is InChI=1S/C7H6Br2FNO.C6H15N/c1-12-3-4-5(10)2-11-7(9)6(4)8;1-5(2)7-6(3)4/h2H,3H2,1H3;5-7H,1-4H3. The van der Waals surface area contributed by atoms with E-state index in [-0.39, 0.29) is 12.4 Å². The number of ether oxygens (including phenoxy) is 1. The van der Waals surface area contributed by atoms with Crippen molar-refractivity contribution in [2.24, 2.45) is 0 Å². The summed E-state index contributed by atoms with van der Waals surface area (Å²) >= 11 is 6.37. The lowest BCUT2D eigenvalue weighted by Crippen LogP contribution is -2.29. The predicted molar refractivity (Wildman–Crippen MR) is 83.7 cm³/mol. The van der Waals surface area contributed by atoms with Crippen LogP contribution in [0, 0.1) is 5.82 Å². The Morgan fingerprint density at radius 3 is 2.16 bits per heavy atom. The van der Waals surface area contributed by atoms with Crippen molar-refractivity contribution in [2.75, 3.05) is 7.11 Å². The smallest absolute Gasteiger partial charge is 0.148 e. The van der Waals surface area contributed by atoms with Gasteiger partial charge in [-0.3, -0.25) is 0 Å². The molecular weight excluding hydrogens is 379 g/mol. The van der Waals surface area contributed by atoms with Gasteiger partial charge >= 0.3 is 0 Å². The highest BCUT2D eigenvalue weighted by Gasteiger charge is 2.10. The number of methoxy groups -OCH3 is 1. The van der Waals surface area contributed by atoms with Gasteiger partial charge in [-0.05, 0) is 31.9 Å². The Balaban J connectivity index is 0.000000399. The molecule has 0 aliphatic carbocycles. The fraction of sp³-hybridized carbons (Fsp3) is 0.615. The van der Waals surface area contributed by atoms with Gasteiger partial charge in [0.15, 0.2) is 0 Å². The second kappa shape index (κ2) is 9.80. The van der Waals surface area contributed by atoms with Crippen molar-refractivity contribution in [2.45, 2.75) is 46.4 Å². The Labute approximate surface area is 131 Å². The Hall–Kier alpha value is -0.0400. The van der Waals surface area contributed by atoms with Crippen LogP contribution in [0.1, 0.15) is 33.3 Å². The normalized spacial score (nSPS) is 10.6. The minimum Gasteiger partial charge on any atom is -0.380 e. The minimum absolute atomic E-state index is 0.230.